The summed E-state index contributed by atoms with van der Waals surface area (Å²) in [5.74, 6) is 0.332. The summed E-state index contributed by atoms with van der Waals surface area (Å²) in [7, 11) is 0. The number of alkyl halides is 2. The quantitative estimate of drug-likeness (QED) is 0.223. The first-order chi connectivity index (χ1) is 20.0. The SMILES string of the molecule is CC(C)CC1CN(c2ccc(-c3cn(Cc4ccccc4)c4ncccc34)cc2C(F)F)CCN1C(=O)OC(C)(C)C. The van der Waals surface area contributed by atoms with Crippen LogP contribution in [0.4, 0.5) is 19.3 Å². The molecular formula is C34H40F2N4O2. The molecule has 4 aromatic rings. The monoisotopic (exact) mass is 574 g/mol. The third kappa shape index (κ3) is 6.58. The van der Waals surface area contributed by atoms with Gasteiger partial charge in [-0.1, -0.05) is 50.2 Å². The van der Waals surface area contributed by atoms with Gasteiger partial charge < -0.3 is 19.1 Å². The number of carbonyl (C=O) groups is 1. The molecule has 8 heteroatoms. The molecular weight excluding hydrogens is 534 g/mol. The van der Waals surface area contributed by atoms with Gasteiger partial charge in [0.25, 0.3) is 6.43 Å². The lowest BCUT2D eigenvalue weighted by Gasteiger charge is -2.43. The van der Waals surface area contributed by atoms with E-state index in [1.807, 2.05) is 74.3 Å². The number of halogens is 2. The Hall–Kier alpha value is -3.94. The van der Waals surface area contributed by atoms with E-state index in [1.54, 1.807) is 17.2 Å². The number of amides is 1. The lowest BCUT2D eigenvalue weighted by atomic mass is 9.98. The Balaban J connectivity index is 1.46. The molecule has 3 heterocycles. The van der Waals surface area contributed by atoms with Gasteiger partial charge in [0.15, 0.2) is 0 Å². The molecule has 6 nitrogen and oxygen atoms in total. The summed E-state index contributed by atoms with van der Waals surface area (Å²) in [6.45, 7) is 11.7. The molecule has 1 atom stereocenters. The van der Waals surface area contributed by atoms with E-state index in [4.69, 9.17) is 4.74 Å². The van der Waals surface area contributed by atoms with Gasteiger partial charge in [-0.25, -0.2) is 18.6 Å². The van der Waals surface area contributed by atoms with E-state index in [0.717, 1.165) is 34.1 Å². The summed E-state index contributed by atoms with van der Waals surface area (Å²) < 4.78 is 37.1. The standard InChI is InChI=1S/C34H40F2N4O2/c1-23(2)18-26-21-38(16-17-40(26)33(41)42-34(3,4)5)30-14-13-25(19-28(30)31(35)36)29-22-39(20-24-10-7-6-8-11-24)32-27(29)12-9-15-37-32/h6-15,19,22-23,26,31H,16-18,20-21H2,1-5H3. The molecule has 0 N–H and O–H groups in total. The summed E-state index contributed by atoms with van der Waals surface area (Å²) >= 11 is 0. The van der Waals surface area contributed by atoms with Crippen LogP contribution in [-0.4, -0.2) is 51.8 Å². The molecule has 5 rings (SSSR count). The number of benzene rings is 2. The van der Waals surface area contributed by atoms with Crippen molar-refractivity contribution >= 4 is 22.8 Å². The topological polar surface area (TPSA) is 50.6 Å². The average Bonchev–Trinajstić information content (AvgIpc) is 3.30. The largest absolute Gasteiger partial charge is 0.444 e. The fourth-order valence-corrected chi connectivity index (χ4v) is 5.82. The molecule has 2 aromatic heterocycles. The van der Waals surface area contributed by atoms with Crippen molar-refractivity contribution in [3.63, 3.8) is 0 Å². The number of hydrogen-bond acceptors (Lipinski definition) is 4. The number of pyridine rings is 1. The van der Waals surface area contributed by atoms with Crippen LogP contribution in [0, 0.1) is 5.92 Å². The second kappa shape index (κ2) is 12.1. The molecule has 222 valence electrons. The van der Waals surface area contributed by atoms with Crippen molar-refractivity contribution < 1.29 is 18.3 Å². The fourth-order valence-electron chi connectivity index (χ4n) is 5.82. The molecule has 0 bridgehead atoms. The van der Waals surface area contributed by atoms with E-state index >= 15 is 0 Å². The number of hydrogen-bond donors (Lipinski definition) is 0. The summed E-state index contributed by atoms with van der Waals surface area (Å²) in [6.07, 6.45) is 1.52. The Morgan fingerprint density at radius 3 is 2.50 bits per heavy atom. The Bertz CT molecular complexity index is 1530. The van der Waals surface area contributed by atoms with Crippen molar-refractivity contribution in [1.29, 1.82) is 0 Å². The minimum atomic E-state index is -2.65. The highest BCUT2D eigenvalue weighted by atomic mass is 19.3. The van der Waals surface area contributed by atoms with E-state index < -0.39 is 12.0 Å². The third-order valence-electron chi connectivity index (χ3n) is 7.60. The lowest BCUT2D eigenvalue weighted by Crippen LogP contribution is -2.56. The number of piperazine rings is 1. The fraction of sp³-hybridized carbons (Fsp3) is 0.412. The van der Waals surface area contributed by atoms with Gasteiger partial charge in [0.1, 0.15) is 11.2 Å². The van der Waals surface area contributed by atoms with Gasteiger partial charge in [-0.05, 0) is 68.5 Å². The highest BCUT2D eigenvalue weighted by Gasteiger charge is 2.35. The summed E-state index contributed by atoms with van der Waals surface area (Å²) in [4.78, 5) is 21.4. The van der Waals surface area contributed by atoms with Crippen LogP contribution < -0.4 is 4.90 Å². The molecule has 0 aliphatic carbocycles. The predicted octanol–water partition coefficient (Wildman–Crippen LogP) is 8.16. The summed E-state index contributed by atoms with van der Waals surface area (Å²) in [5.41, 5.74) is 3.45. The van der Waals surface area contributed by atoms with Crippen LogP contribution in [0.5, 0.6) is 0 Å². The predicted molar refractivity (Wildman–Crippen MR) is 164 cm³/mol. The van der Waals surface area contributed by atoms with Crippen molar-refractivity contribution in [3.05, 3.63) is 84.2 Å². The summed E-state index contributed by atoms with van der Waals surface area (Å²) in [6, 6.07) is 19.2. The van der Waals surface area contributed by atoms with Gasteiger partial charge in [0.2, 0.25) is 0 Å². The Morgan fingerprint density at radius 1 is 1.05 bits per heavy atom. The number of aromatic nitrogens is 2. The van der Waals surface area contributed by atoms with Crippen LogP contribution in [-0.2, 0) is 11.3 Å². The maximum atomic E-state index is 14.7. The van der Waals surface area contributed by atoms with Gasteiger partial charge in [-0.15, -0.1) is 0 Å². The molecule has 42 heavy (non-hydrogen) atoms. The Kier molecular flexibility index (Phi) is 8.53. The van der Waals surface area contributed by atoms with E-state index in [2.05, 4.69) is 35.5 Å². The highest BCUT2D eigenvalue weighted by molar-refractivity contribution is 5.94. The van der Waals surface area contributed by atoms with Gasteiger partial charge in [-0.3, -0.25) is 0 Å². The van der Waals surface area contributed by atoms with E-state index in [0.29, 0.717) is 37.8 Å². The number of rotatable bonds is 7. The number of anilines is 1. The van der Waals surface area contributed by atoms with Crippen molar-refractivity contribution in [2.75, 3.05) is 24.5 Å². The molecule has 1 unspecified atom stereocenters. The van der Waals surface area contributed by atoms with E-state index in [9.17, 15) is 13.6 Å². The van der Waals surface area contributed by atoms with Gasteiger partial charge in [0.05, 0.1) is 6.04 Å². The lowest BCUT2D eigenvalue weighted by molar-refractivity contribution is 0.0119. The van der Waals surface area contributed by atoms with Gasteiger partial charge >= 0.3 is 6.09 Å². The number of carbonyl (C=O) groups excluding carboxylic acids is 1. The molecule has 0 saturated carbocycles. The van der Waals surface area contributed by atoms with Crippen LogP contribution in [0.15, 0.2) is 73.1 Å². The van der Waals surface area contributed by atoms with E-state index in [1.165, 1.54) is 0 Å². The highest BCUT2D eigenvalue weighted by Crippen LogP contribution is 2.38. The maximum absolute atomic E-state index is 14.7. The Labute approximate surface area is 246 Å². The van der Waals surface area contributed by atoms with Crippen LogP contribution in [0.25, 0.3) is 22.2 Å². The zero-order valence-corrected chi connectivity index (χ0v) is 25.1. The zero-order valence-electron chi connectivity index (χ0n) is 25.1. The van der Waals surface area contributed by atoms with Crippen LogP contribution >= 0.6 is 0 Å². The summed E-state index contributed by atoms with van der Waals surface area (Å²) in [5, 5.41) is 0.921. The van der Waals surface area contributed by atoms with Crippen molar-refractivity contribution in [1.82, 2.24) is 14.5 Å². The van der Waals surface area contributed by atoms with Crippen molar-refractivity contribution in [2.24, 2.45) is 5.92 Å². The maximum Gasteiger partial charge on any atom is 0.410 e. The number of fused-ring (bicyclic) bond motifs is 1. The normalized spacial score (nSPS) is 16.1. The zero-order chi connectivity index (χ0) is 30.0. The van der Waals surface area contributed by atoms with E-state index in [-0.39, 0.29) is 17.7 Å². The van der Waals surface area contributed by atoms with Crippen LogP contribution in [0.3, 0.4) is 0 Å². The minimum Gasteiger partial charge on any atom is -0.444 e. The average molecular weight is 575 g/mol. The van der Waals surface area contributed by atoms with Crippen molar-refractivity contribution in [2.45, 2.75) is 65.7 Å². The van der Waals surface area contributed by atoms with Gasteiger partial charge in [0, 0.05) is 60.8 Å². The molecule has 2 aromatic carbocycles. The first-order valence-corrected chi connectivity index (χ1v) is 14.6. The van der Waals surface area contributed by atoms with Gasteiger partial charge in [-0.2, -0.15) is 0 Å². The molecule has 0 spiro atoms. The number of ether oxygens (including phenoxy) is 1. The smallest absolute Gasteiger partial charge is 0.410 e. The first-order valence-electron chi connectivity index (χ1n) is 14.6. The Morgan fingerprint density at radius 2 is 1.81 bits per heavy atom. The van der Waals surface area contributed by atoms with Crippen LogP contribution in [0.2, 0.25) is 0 Å². The molecule has 1 saturated heterocycles. The number of nitrogens with zero attached hydrogens (tertiary/aromatic N) is 4. The first kappa shape index (κ1) is 29.5. The van der Waals surface area contributed by atoms with Crippen LogP contribution in [0.1, 0.15) is 58.6 Å². The second-order valence-corrected chi connectivity index (χ2v) is 12.5. The van der Waals surface area contributed by atoms with Crippen molar-refractivity contribution in [3.8, 4) is 11.1 Å². The molecule has 1 amide bonds. The molecule has 0 radical (unpaired) electrons. The third-order valence-corrected chi connectivity index (χ3v) is 7.60. The molecule has 1 aliphatic heterocycles. The second-order valence-electron chi connectivity index (χ2n) is 12.5. The minimum absolute atomic E-state index is 0.00522. The molecule has 1 aliphatic rings. The molecule has 1 fully saturated rings.